The summed E-state index contributed by atoms with van der Waals surface area (Å²) in [5.41, 5.74) is 2.80. The van der Waals surface area contributed by atoms with Crippen molar-refractivity contribution < 1.29 is 0 Å². The molecule has 0 radical (unpaired) electrons. The van der Waals surface area contributed by atoms with Gasteiger partial charge in [0, 0.05) is 38.2 Å². The van der Waals surface area contributed by atoms with E-state index < -0.39 is 0 Å². The number of hydrogen-bond donors (Lipinski definition) is 1. The fraction of sp³-hybridized carbons (Fsp3) is 0.824. The largest absolute Gasteiger partial charge is 0.331 e. The van der Waals surface area contributed by atoms with Crippen molar-refractivity contribution in [2.24, 2.45) is 17.8 Å². The molecule has 2 rings (SSSR count). The molecule has 2 heterocycles. The Morgan fingerprint density at radius 3 is 2.50 bits per heavy atom. The molecule has 1 N–H and O–H groups in total. The zero-order valence-electron chi connectivity index (χ0n) is 13.9. The SMILES string of the molecule is CCCc1nc2c(n1CC(C(C)C)C(C)C)CCNC2. The number of nitrogens with one attached hydrogen (secondary N) is 1. The van der Waals surface area contributed by atoms with Gasteiger partial charge in [0.15, 0.2) is 0 Å². The average molecular weight is 277 g/mol. The molecule has 1 aliphatic heterocycles. The Bertz CT molecular complexity index is 424. The Balaban J connectivity index is 2.30. The second-order valence-electron chi connectivity index (χ2n) is 6.86. The summed E-state index contributed by atoms with van der Waals surface area (Å²) in [5.74, 6) is 3.50. The van der Waals surface area contributed by atoms with Gasteiger partial charge in [0.2, 0.25) is 0 Å². The van der Waals surface area contributed by atoms with Gasteiger partial charge < -0.3 is 9.88 Å². The summed E-state index contributed by atoms with van der Waals surface area (Å²) in [7, 11) is 0. The first-order valence-electron chi connectivity index (χ1n) is 8.32. The molecular weight excluding hydrogens is 246 g/mol. The minimum Gasteiger partial charge on any atom is -0.331 e. The van der Waals surface area contributed by atoms with Crippen molar-refractivity contribution in [3.8, 4) is 0 Å². The Morgan fingerprint density at radius 2 is 1.90 bits per heavy atom. The van der Waals surface area contributed by atoms with Crippen molar-refractivity contribution in [3.05, 3.63) is 17.2 Å². The summed E-state index contributed by atoms with van der Waals surface area (Å²) in [6.07, 6.45) is 3.42. The topological polar surface area (TPSA) is 29.9 Å². The van der Waals surface area contributed by atoms with Crippen LogP contribution in [0.2, 0.25) is 0 Å². The van der Waals surface area contributed by atoms with Crippen LogP contribution in [0.25, 0.3) is 0 Å². The standard InChI is InChI=1S/C17H31N3/c1-6-7-17-19-15-10-18-9-8-16(15)20(17)11-14(12(2)3)13(4)5/h12-14,18H,6-11H2,1-5H3. The van der Waals surface area contributed by atoms with Crippen molar-refractivity contribution in [1.82, 2.24) is 14.9 Å². The number of aromatic nitrogens is 2. The third kappa shape index (κ3) is 3.25. The molecule has 0 saturated heterocycles. The predicted octanol–water partition coefficient (Wildman–Crippen LogP) is 3.41. The molecule has 3 nitrogen and oxygen atoms in total. The van der Waals surface area contributed by atoms with Crippen molar-refractivity contribution >= 4 is 0 Å². The van der Waals surface area contributed by atoms with Gasteiger partial charge in [0.25, 0.3) is 0 Å². The maximum absolute atomic E-state index is 4.91. The first-order chi connectivity index (χ1) is 9.54. The second-order valence-corrected chi connectivity index (χ2v) is 6.86. The highest BCUT2D eigenvalue weighted by Gasteiger charge is 2.24. The van der Waals surface area contributed by atoms with Crippen LogP contribution in [0.5, 0.6) is 0 Å². The smallest absolute Gasteiger partial charge is 0.109 e. The minimum atomic E-state index is 0.726. The normalized spacial score (nSPS) is 15.4. The summed E-state index contributed by atoms with van der Waals surface area (Å²) in [6.45, 7) is 14.9. The van der Waals surface area contributed by atoms with E-state index in [-0.39, 0.29) is 0 Å². The van der Waals surface area contributed by atoms with Crippen molar-refractivity contribution in [2.75, 3.05) is 6.54 Å². The molecule has 0 aliphatic carbocycles. The number of hydrogen-bond acceptors (Lipinski definition) is 2. The molecule has 0 unspecified atom stereocenters. The molecule has 0 spiro atoms. The Kier molecular flexibility index (Phi) is 5.25. The van der Waals surface area contributed by atoms with Crippen LogP contribution < -0.4 is 5.32 Å². The maximum atomic E-state index is 4.91. The van der Waals surface area contributed by atoms with Gasteiger partial charge in [-0.1, -0.05) is 34.6 Å². The number of nitrogens with zero attached hydrogens (tertiary/aromatic N) is 2. The van der Waals surface area contributed by atoms with E-state index in [1.165, 1.54) is 23.6 Å². The lowest BCUT2D eigenvalue weighted by Gasteiger charge is -2.27. The van der Waals surface area contributed by atoms with Crippen LogP contribution in [0, 0.1) is 17.8 Å². The second kappa shape index (κ2) is 6.75. The minimum absolute atomic E-state index is 0.726. The first-order valence-corrected chi connectivity index (χ1v) is 8.32. The molecule has 0 amide bonds. The molecule has 20 heavy (non-hydrogen) atoms. The molecule has 1 aromatic heterocycles. The van der Waals surface area contributed by atoms with Gasteiger partial charge >= 0.3 is 0 Å². The quantitative estimate of drug-likeness (QED) is 0.863. The van der Waals surface area contributed by atoms with E-state index in [2.05, 4.69) is 44.5 Å². The monoisotopic (exact) mass is 277 g/mol. The molecule has 0 bridgehead atoms. The van der Waals surface area contributed by atoms with Crippen LogP contribution >= 0.6 is 0 Å². The molecule has 0 saturated carbocycles. The van der Waals surface area contributed by atoms with E-state index in [0.717, 1.165) is 50.2 Å². The van der Waals surface area contributed by atoms with Crippen LogP contribution in [-0.4, -0.2) is 16.1 Å². The Morgan fingerprint density at radius 1 is 1.20 bits per heavy atom. The molecule has 0 aromatic carbocycles. The van der Waals surface area contributed by atoms with Gasteiger partial charge in [-0.05, 0) is 24.2 Å². The summed E-state index contributed by atoms with van der Waals surface area (Å²) in [6, 6.07) is 0. The zero-order chi connectivity index (χ0) is 14.7. The fourth-order valence-corrected chi connectivity index (χ4v) is 3.46. The molecule has 1 aromatic rings. The summed E-state index contributed by atoms with van der Waals surface area (Å²) in [4.78, 5) is 4.91. The summed E-state index contributed by atoms with van der Waals surface area (Å²) < 4.78 is 2.56. The Hall–Kier alpha value is -0.830. The van der Waals surface area contributed by atoms with Crippen molar-refractivity contribution in [1.29, 1.82) is 0 Å². The lowest BCUT2D eigenvalue weighted by molar-refractivity contribution is 0.246. The van der Waals surface area contributed by atoms with Crippen molar-refractivity contribution in [3.63, 3.8) is 0 Å². The summed E-state index contributed by atoms with van der Waals surface area (Å²) in [5, 5.41) is 3.45. The van der Waals surface area contributed by atoms with Gasteiger partial charge in [-0.2, -0.15) is 0 Å². The van der Waals surface area contributed by atoms with Crippen LogP contribution in [0.3, 0.4) is 0 Å². The van der Waals surface area contributed by atoms with Gasteiger partial charge in [-0.3, -0.25) is 0 Å². The molecule has 0 fully saturated rings. The highest BCUT2D eigenvalue weighted by Crippen LogP contribution is 2.26. The third-order valence-corrected chi connectivity index (χ3v) is 4.65. The van der Waals surface area contributed by atoms with E-state index in [1.807, 2.05) is 0 Å². The zero-order valence-corrected chi connectivity index (χ0v) is 13.9. The van der Waals surface area contributed by atoms with Crippen LogP contribution in [0.1, 0.15) is 58.3 Å². The van der Waals surface area contributed by atoms with E-state index in [4.69, 9.17) is 4.98 Å². The maximum Gasteiger partial charge on any atom is 0.109 e. The van der Waals surface area contributed by atoms with Crippen LogP contribution in [0.15, 0.2) is 0 Å². The van der Waals surface area contributed by atoms with Crippen LogP contribution in [0.4, 0.5) is 0 Å². The van der Waals surface area contributed by atoms with Gasteiger partial charge in [-0.25, -0.2) is 4.98 Å². The fourth-order valence-electron chi connectivity index (χ4n) is 3.46. The molecule has 3 heteroatoms. The van der Waals surface area contributed by atoms with Crippen LogP contribution in [-0.2, 0) is 25.9 Å². The Labute approximate surface area is 124 Å². The lowest BCUT2D eigenvalue weighted by Crippen LogP contribution is -2.28. The molecule has 0 atom stereocenters. The number of fused-ring (bicyclic) bond motifs is 1. The molecule has 114 valence electrons. The van der Waals surface area contributed by atoms with Gasteiger partial charge in [0.05, 0.1) is 5.69 Å². The van der Waals surface area contributed by atoms with E-state index in [1.54, 1.807) is 0 Å². The molecule has 1 aliphatic rings. The highest BCUT2D eigenvalue weighted by atomic mass is 15.1. The van der Waals surface area contributed by atoms with Crippen molar-refractivity contribution in [2.45, 2.75) is 67.0 Å². The number of aryl methyl sites for hydroxylation is 1. The van der Waals surface area contributed by atoms with E-state index in [0.29, 0.717) is 0 Å². The predicted molar refractivity (Wildman–Crippen MR) is 84.8 cm³/mol. The lowest BCUT2D eigenvalue weighted by atomic mass is 9.85. The summed E-state index contributed by atoms with van der Waals surface area (Å²) >= 11 is 0. The van der Waals surface area contributed by atoms with E-state index >= 15 is 0 Å². The average Bonchev–Trinajstić information content (AvgIpc) is 2.73. The molecular formula is C17H31N3. The first kappa shape index (κ1) is 15.6. The number of imidazole rings is 1. The third-order valence-electron chi connectivity index (χ3n) is 4.65. The highest BCUT2D eigenvalue weighted by molar-refractivity contribution is 5.20. The van der Waals surface area contributed by atoms with Gasteiger partial charge in [-0.15, -0.1) is 0 Å². The van der Waals surface area contributed by atoms with E-state index in [9.17, 15) is 0 Å². The van der Waals surface area contributed by atoms with Gasteiger partial charge in [0.1, 0.15) is 5.82 Å². The number of rotatable bonds is 6.